The van der Waals surface area contributed by atoms with Gasteiger partial charge in [0.25, 0.3) is 0 Å². The van der Waals surface area contributed by atoms with E-state index in [9.17, 15) is 4.79 Å². The fourth-order valence-electron chi connectivity index (χ4n) is 1.34. The number of hydrogen-bond acceptors (Lipinski definition) is 6. The monoisotopic (exact) mass is 260 g/mol. The molecule has 0 spiro atoms. The van der Waals surface area contributed by atoms with Crippen LogP contribution in [0.5, 0.6) is 5.75 Å². The first kappa shape index (κ1) is 12.2. The Labute approximate surface area is 99.7 Å². The van der Waals surface area contributed by atoms with E-state index >= 15 is 0 Å². The van der Waals surface area contributed by atoms with Gasteiger partial charge in [0, 0.05) is 0 Å². The number of rotatable bonds is 2. The Hall–Kier alpha value is -1.28. The Kier molecular flexibility index (Phi) is 3.53. The van der Waals surface area contributed by atoms with E-state index in [1.165, 1.54) is 0 Å². The second-order valence-corrected chi connectivity index (χ2v) is 5.25. The molecule has 0 radical (unpaired) electrons. The van der Waals surface area contributed by atoms with Gasteiger partial charge in [0.2, 0.25) is 0 Å². The standard InChI is InChI=1S/C10H12O6S/c11-10(15-8-4-2-1-3-5-8)16-9-6-14-17(12,13)7-9/h1-5,9,12-13H,6-7H2. The minimum Gasteiger partial charge on any atom is -0.427 e. The molecule has 0 bridgehead atoms. The number of carbonyl (C=O) groups excluding carboxylic acids is 1. The Morgan fingerprint density at radius 1 is 1.35 bits per heavy atom. The second kappa shape index (κ2) is 4.92. The molecule has 1 heterocycles. The minimum absolute atomic E-state index is 0.0355. The van der Waals surface area contributed by atoms with Crippen LogP contribution in [0.3, 0.4) is 0 Å². The third kappa shape index (κ3) is 3.60. The average Bonchev–Trinajstić information content (AvgIpc) is 2.59. The average molecular weight is 260 g/mol. The quantitative estimate of drug-likeness (QED) is 0.626. The van der Waals surface area contributed by atoms with Gasteiger partial charge in [-0.2, -0.15) is 0 Å². The summed E-state index contributed by atoms with van der Waals surface area (Å²) in [4.78, 5) is 11.3. The van der Waals surface area contributed by atoms with Gasteiger partial charge in [0.15, 0.2) is 0 Å². The van der Waals surface area contributed by atoms with Gasteiger partial charge in [-0.3, -0.25) is 4.18 Å². The molecule has 1 aromatic rings. The molecule has 1 aliphatic rings. The maximum atomic E-state index is 11.3. The summed E-state index contributed by atoms with van der Waals surface area (Å²) in [6.45, 7) is -0.0355. The van der Waals surface area contributed by atoms with E-state index in [1.54, 1.807) is 30.3 Å². The molecule has 1 unspecified atom stereocenters. The molecule has 2 rings (SSSR count). The van der Waals surface area contributed by atoms with Crippen molar-refractivity contribution >= 4 is 17.0 Å². The lowest BCUT2D eigenvalue weighted by atomic mass is 10.3. The van der Waals surface area contributed by atoms with Gasteiger partial charge in [0.05, 0.1) is 16.6 Å². The van der Waals surface area contributed by atoms with Crippen molar-refractivity contribution in [1.29, 1.82) is 0 Å². The van der Waals surface area contributed by atoms with Gasteiger partial charge in [-0.05, 0) is 12.1 Å². The predicted octanol–water partition coefficient (Wildman–Crippen LogP) is 2.27. The maximum Gasteiger partial charge on any atom is 0.514 e. The predicted molar refractivity (Wildman–Crippen MR) is 61.0 cm³/mol. The van der Waals surface area contributed by atoms with Crippen LogP contribution in [0, 0.1) is 0 Å². The summed E-state index contributed by atoms with van der Waals surface area (Å²) < 4.78 is 32.7. The van der Waals surface area contributed by atoms with Crippen molar-refractivity contribution in [3.8, 4) is 5.75 Å². The fraction of sp³-hybridized carbons (Fsp3) is 0.300. The Morgan fingerprint density at radius 3 is 2.65 bits per heavy atom. The molecular weight excluding hydrogens is 248 g/mol. The number of para-hydroxylation sites is 1. The normalized spacial score (nSPS) is 24.0. The van der Waals surface area contributed by atoms with E-state index in [0.717, 1.165) is 0 Å². The van der Waals surface area contributed by atoms with Gasteiger partial charge in [-0.15, -0.1) is 0 Å². The third-order valence-electron chi connectivity index (χ3n) is 2.05. The summed E-state index contributed by atoms with van der Waals surface area (Å²) in [7, 11) is -3.05. The fourth-order valence-corrected chi connectivity index (χ4v) is 2.45. The van der Waals surface area contributed by atoms with E-state index in [2.05, 4.69) is 4.18 Å². The zero-order valence-electron chi connectivity index (χ0n) is 8.81. The van der Waals surface area contributed by atoms with E-state index in [1.807, 2.05) is 0 Å². The molecule has 0 aromatic heterocycles. The summed E-state index contributed by atoms with van der Waals surface area (Å²) in [6.07, 6.45) is -1.57. The van der Waals surface area contributed by atoms with Crippen molar-refractivity contribution in [3.63, 3.8) is 0 Å². The SMILES string of the molecule is O=C(Oc1ccccc1)OC1COS(O)(O)C1. The molecule has 6 nitrogen and oxygen atoms in total. The van der Waals surface area contributed by atoms with E-state index in [0.29, 0.717) is 5.75 Å². The zero-order chi connectivity index (χ0) is 12.3. The lowest BCUT2D eigenvalue weighted by Crippen LogP contribution is -2.23. The summed E-state index contributed by atoms with van der Waals surface area (Å²) in [5.41, 5.74) is 0. The highest BCUT2D eigenvalue weighted by atomic mass is 32.3. The molecule has 7 heteroatoms. The summed E-state index contributed by atoms with van der Waals surface area (Å²) >= 11 is 0. The van der Waals surface area contributed by atoms with Gasteiger partial charge >= 0.3 is 6.16 Å². The Bertz CT molecular complexity index is 393. The topological polar surface area (TPSA) is 85.2 Å². The zero-order valence-corrected chi connectivity index (χ0v) is 9.63. The van der Waals surface area contributed by atoms with Crippen LogP contribution in [-0.2, 0) is 8.92 Å². The lowest BCUT2D eigenvalue weighted by molar-refractivity contribution is 0.0569. The largest absolute Gasteiger partial charge is 0.514 e. The Balaban J connectivity index is 1.83. The molecule has 0 aliphatic carbocycles. The molecular formula is C10H12O6S. The molecule has 0 saturated carbocycles. The van der Waals surface area contributed by atoms with Crippen LogP contribution in [0.2, 0.25) is 0 Å². The molecule has 1 fully saturated rings. The molecule has 1 saturated heterocycles. The van der Waals surface area contributed by atoms with Crippen molar-refractivity contribution in [2.45, 2.75) is 6.10 Å². The van der Waals surface area contributed by atoms with Crippen molar-refractivity contribution in [2.75, 3.05) is 12.4 Å². The molecule has 2 N–H and O–H groups in total. The molecule has 17 heavy (non-hydrogen) atoms. The van der Waals surface area contributed by atoms with Crippen molar-refractivity contribution in [3.05, 3.63) is 30.3 Å². The van der Waals surface area contributed by atoms with E-state index in [4.69, 9.17) is 18.6 Å². The summed E-state index contributed by atoms with van der Waals surface area (Å²) in [6, 6.07) is 8.45. The highest BCUT2D eigenvalue weighted by Gasteiger charge is 2.35. The van der Waals surface area contributed by atoms with Crippen LogP contribution < -0.4 is 4.74 Å². The van der Waals surface area contributed by atoms with Crippen molar-refractivity contribution in [2.24, 2.45) is 0 Å². The summed E-state index contributed by atoms with van der Waals surface area (Å²) in [5, 5.41) is 0. The second-order valence-electron chi connectivity index (χ2n) is 3.46. The van der Waals surface area contributed by atoms with Gasteiger partial charge < -0.3 is 18.6 Å². The molecule has 94 valence electrons. The van der Waals surface area contributed by atoms with Crippen LogP contribution in [-0.4, -0.2) is 33.7 Å². The molecule has 0 amide bonds. The number of benzene rings is 1. The van der Waals surface area contributed by atoms with Gasteiger partial charge in [0.1, 0.15) is 18.5 Å². The van der Waals surface area contributed by atoms with Crippen LogP contribution in [0.4, 0.5) is 4.79 Å². The number of carbonyl (C=O) groups is 1. The smallest absolute Gasteiger partial charge is 0.427 e. The van der Waals surface area contributed by atoms with Gasteiger partial charge in [-0.25, -0.2) is 4.79 Å². The van der Waals surface area contributed by atoms with E-state index < -0.39 is 23.1 Å². The van der Waals surface area contributed by atoms with Gasteiger partial charge in [-0.1, -0.05) is 18.2 Å². The third-order valence-corrected chi connectivity index (χ3v) is 3.37. The Morgan fingerprint density at radius 2 is 2.06 bits per heavy atom. The van der Waals surface area contributed by atoms with Crippen LogP contribution in [0.15, 0.2) is 30.3 Å². The van der Waals surface area contributed by atoms with Crippen LogP contribution in [0.1, 0.15) is 0 Å². The van der Waals surface area contributed by atoms with E-state index in [-0.39, 0.29) is 12.4 Å². The lowest BCUT2D eigenvalue weighted by Gasteiger charge is -2.17. The summed E-state index contributed by atoms with van der Waals surface area (Å²) in [5.74, 6) is 0.250. The number of ether oxygens (including phenoxy) is 2. The number of hydrogen-bond donors (Lipinski definition) is 2. The van der Waals surface area contributed by atoms with Crippen LogP contribution in [0.25, 0.3) is 0 Å². The van der Waals surface area contributed by atoms with Crippen LogP contribution >= 0.6 is 10.9 Å². The highest BCUT2D eigenvalue weighted by molar-refractivity contribution is 8.20. The first-order valence-corrected chi connectivity index (χ1v) is 6.53. The molecule has 1 aliphatic heterocycles. The maximum absolute atomic E-state index is 11.3. The molecule has 1 aromatic carbocycles. The minimum atomic E-state index is -3.05. The molecule has 1 atom stereocenters. The first-order valence-electron chi connectivity index (χ1n) is 4.89. The van der Waals surface area contributed by atoms with Crippen molar-refractivity contribution in [1.82, 2.24) is 0 Å². The first-order chi connectivity index (χ1) is 8.05. The van der Waals surface area contributed by atoms with Crippen molar-refractivity contribution < 1.29 is 27.6 Å². The highest BCUT2D eigenvalue weighted by Crippen LogP contribution is 2.45.